The fraction of sp³-hybridized carbons (Fsp3) is 0.150. The van der Waals surface area contributed by atoms with E-state index in [0.717, 1.165) is 38.8 Å². The molecule has 0 spiro atoms. The zero-order valence-corrected chi connectivity index (χ0v) is 15.1. The van der Waals surface area contributed by atoms with E-state index in [1.54, 1.807) is 0 Å². The van der Waals surface area contributed by atoms with E-state index in [0.29, 0.717) is 6.61 Å². The molecule has 3 nitrogen and oxygen atoms in total. The number of rotatable bonds is 6. The Kier molecular flexibility index (Phi) is 5.62. The van der Waals surface area contributed by atoms with Crippen LogP contribution in [0.5, 0.6) is 5.75 Å². The van der Waals surface area contributed by atoms with Gasteiger partial charge in [0, 0.05) is 28.2 Å². The average Bonchev–Trinajstić information content (AvgIpc) is 2.61. The van der Waals surface area contributed by atoms with E-state index in [1.165, 1.54) is 0 Å². The minimum absolute atomic E-state index is 0.567. The van der Waals surface area contributed by atoms with E-state index in [4.69, 9.17) is 4.74 Å². The minimum Gasteiger partial charge on any atom is -0.490 e. The maximum absolute atomic E-state index is 5.78. The second-order valence-corrected chi connectivity index (χ2v) is 6.31. The molecule has 0 aliphatic heterocycles. The lowest BCUT2D eigenvalue weighted by atomic mass is 10.0. The summed E-state index contributed by atoms with van der Waals surface area (Å²) in [7, 11) is 1.92. The summed E-state index contributed by atoms with van der Waals surface area (Å²) in [6, 6.07) is 16.4. The first-order chi connectivity index (χ1) is 11.8. The van der Waals surface area contributed by atoms with Crippen molar-refractivity contribution in [3.63, 3.8) is 0 Å². The zero-order chi connectivity index (χ0) is 16.8. The summed E-state index contributed by atoms with van der Waals surface area (Å²) >= 11 is 3.47. The summed E-state index contributed by atoms with van der Waals surface area (Å²) < 4.78 is 6.84. The number of fused-ring (bicyclic) bond motifs is 1. The Hall–Kier alpha value is -2.17. The van der Waals surface area contributed by atoms with Crippen LogP contribution in [0.2, 0.25) is 0 Å². The number of hydrogen-bond acceptors (Lipinski definition) is 3. The lowest BCUT2D eigenvalue weighted by Gasteiger charge is -2.09. The van der Waals surface area contributed by atoms with Gasteiger partial charge in [-0.1, -0.05) is 40.2 Å². The topological polar surface area (TPSA) is 34.1 Å². The molecular formula is C20H19BrN2O. The molecule has 0 bridgehead atoms. The van der Waals surface area contributed by atoms with Gasteiger partial charge in [0.05, 0.1) is 5.69 Å². The maximum Gasteiger partial charge on any atom is 0.120 e. The van der Waals surface area contributed by atoms with Gasteiger partial charge < -0.3 is 10.1 Å². The normalized spacial score (nSPS) is 11.2. The van der Waals surface area contributed by atoms with Crippen molar-refractivity contribution >= 4 is 26.7 Å². The molecule has 0 saturated heterocycles. The Morgan fingerprint density at radius 2 is 1.92 bits per heavy atom. The molecule has 4 heteroatoms. The Bertz CT molecular complexity index is 844. The van der Waals surface area contributed by atoms with E-state index >= 15 is 0 Å². The molecule has 122 valence electrons. The van der Waals surface area contributed by atoms with Crippen LogP contribution in [-0.4, -0.2) is 25.2 Å². The van der Waals surface area contributed by atoms with Gasteiger partial charge in [-0.25, -0.2) is 0 Å². The molecule has 2 aromatic carbocycles. The van der Waals surface area contributed by atoms with E-state index in [-0.39, 0.29) is 0 Å². The standard InChI is InChI=1S/C20H19BrN2O/c1-22-11-2-3-13-24-18-8-9-19-16(14-18)10-12-23-20(19)15-4-6-17(21)7-5-15/h2-10,12,14,22H,11,13H2,1H3. The molecule has 3 rings (SSSR count). The summed E-state index contributed by atoms with van der Waals surface area (Å²) in [4.78, 5) is 4.56. The van der Waals surface area contributed by atoms with Gasteiger partial charge in [0.1, 0.15) is 12.4 Å². The molecule has 0 amide bonds. The molecule has 0 unspecified atom stereocenters. The van der Waals surface area contributed by atoms with Gasteiger partial charge in [-0.3, -0.25) is 4.98 Å². The van der Waals surface area contributed by atoms with E-state index in [2.05, 4.69) is 56.6 Å². The average molecular weight is 383 g/mol. The number of hydrogen-bond donors (Lipinski definition) is 1. The fourth-order valence-electron chi connectivity index (χ4n) is 2.50. The summed E-state index contributed by atoms with van der Waals surface area (Å²) in [5.74, 6) is 0.865. The first-order valence-corrected chi connectivity index (χ1v) is 8.64. The molecule has 0 saturated carbocycles. The second kappa shape index (κ2) is 8.08. The third-order valence-electron chi connectivity index (χ3n) is 3.69. The van der Waals surface area contributed by atoms with E-state index < -0.39 is 0 Å². The molecule has 0 atom stereocenters. The van der Waals surface area contributed by atoms with Crippen molar-refractivity contribution in [1.82, 2.24) is 10.3 Å². The number of likely N-dealkylation sites (N-methyl/N-ethyl adjacent to an activating group) is 1. The second-order valence-electron chi connectivity index (χ2n) is 5.39. The van der Waals surface area contributed by atoms with Crippen LogP contribution in [-0.2, 0) is 0 Å². The number of pyridine rings is 1. The SMILES string of the molecule is CNCC=CCOc1ccc2c(-c3ccc(Br)cc3)nccc2c1. The van der Waals surface area contributed by atoms with Gasteiger partial charge in [-0.2, -0.15) is 0 Å². The number of nitrogens with zero attached hydrogens (tertiary/aromatic N) is 1. The molecule has 0 aliphatic carbocycles. The zero-order valence-electron chi connectivity index (χ0n) is 13.5. The number of halogens is 1. The van der Waals surface area contributed by atoms with Crippen LogP contribution in [0.25, 0.3) is 22.0 Å². The van der Waals surface area contributed by atoms with Crippen LogP contribution in [0.15, 0.2) is 71.4 Å². The highest BCUT2D eigenvalue weighted by Gasteiger charge is 2.06. The van der Waals surface area contributed by atoms with Crippen molar-refractivity contribution in [2.75, 3.05) is 20.2 Å². The predicted octanol–water partition coefficient (Wildman–Crippen LogP) is 4.82. The quantitative estimate of drug-likeness (QED) is 0.620. The Morgan fingerprint density at radius 3 is 2.71 bits per heavy atom. The highest BCUT2D eigenvalue weighted by atomic mass is 79.9. The van der Waals surface area contributed by atoms with Crippen LogP contribution in [0, 0.1) is 0 Å². The van der Waals surface area contributed by atoms with Crippen molar-refractivity contribution in [1.29, 1.82) is 0 Å². The summed E-state index contributed by atoms with van der Waals surface area (Å²) in [5, 5.41) is 5.31. The Morgan fingerprint density at radius 1 is 1.08 bits per heavy atom. The number of aromatic nitrogens is 1. The van der Waals surface area contributed by atoms with Gasteiger partial charge in [0.25, 0.3) is 0 Å². The highest BCUT2D eigenvalue weighted by molar-refractivity contribution is 9.10. The van der Waals surface area contributed by atoms with Crippen LogP contribution < -0.4 is 10.1 Å². The summed E-state index contributed by atoms with van der Waals surface area (Å²) in [6.07, 6.45) is 5.91. The van der Waals surface area contributed by atoms with Crippen molar-refractivity contribution < 1.29 is 4.74 Å². The molecule has 0 radical (unpaired) electrons. The van der Waals surface area contributed by atoms with Gasteiger partial charge in [0.15, 0.2) is 0 Å². The monoisotopic (exact) mass is 382 g/mol. The van der Waals surface area contributed by atoms with E-state index in [9.17, 15) is 0 Å². The number of nitrogens with one attached hydrogen (secondary N) is 1. The highest BCUT2D eigenvalue weighted by Crippen LogP contribution is 2.29. The Labute approximate surface area is 150 Å². The van der Waals surface area contributed by atoms with Crippen molar-refractivity contribution in [3.8, 4) is 17.0 Å². The fourth-order valence-corrected chi connectivity index (χ4v) is 2.76. The third-order valence-corrected chi connectivity index (χ3v) is 4.22. The minimum atomic E-state index is 0.567. The van der Waals surface area contributed by atoms with Crippen LogP contribution in [0.1, 0.15) is 0 Å². The van der Waals surface area contributed by atoms with Crippen molar-refractivity contribution in [2.45, 2.75) is 0 Å². The smallest absolute Gasteiger partial charge is 0.120 e. The van der Waals surface area contributed by atoms with Gasteiger partial charge in [-0.05, 0) is 48.8 Å². The van der Waals surface area contributed by atoms with Crippen molar-refractivity contribution in [2.24, 2.45) is 0 Å². The third kappa shape index (κ3) is 4.02. The van der Waals surface area contributed by atoms with Crippen LogP contribution in [0.4, 0.5) is 0 Å². The lowest BCUT2D eigenvalue weighted by molar-refractivity contribution is 0.363. The number of benzene rings is 2. The lowest BCUT2D eigenvalue weighted by Crippen LogP contribution is -2.04. The molecule has 1 heterocycles. The Balaban J connectivity index is 1.85. The van der Waals surface area contributed by atoms with Gasteiger partial charge in [0.2, 0.25) is 0 Å². The molecule has 0 aliphatic rings. The van der Waals surface area contributed by atoms with Crippen LogP contribution >= 0.6 is 15.9 Å². The molecular weight excluding hydrogens is 364 g/mol. The first-order valence-electron chi connectivity index (χ1n) is 7.85. The molecule has 24 heavy (non-hydrogen) atoms. The maximum atomic E-state index is 5.78. The molecule has 1 aromatic heterocycles. The molecule has 0 fully saturated rings. The summed E-state index contributed by atoms with van der Waals surface area (Å²) in [5.41, 5.74) is 2.09. The predicted molar refractivity (Wildman–Crippen MR) is 103 cm³/mol. The summed E-state index contributed by atoms with van der Waals surface area (Å²) in [6.45, 7) is 1.42. The van der Waals surface area contributed by atoms with Crippen molar-refractivity contribution in [3.05, 3.63) is 71.4 Å². The number of ether oxygens (including phenoxy) is 1. The van der Waals surface area contributed by atoms with Gasteiger partial charge >= 0.3 is 0 Å². The van der Waals surface area contributed by atoms with Gasteiger partial charge in [-0.15, -0.1) is 0 Å². The van der Waals surface area contributed by atoms with E-state index in [1.807, 2.05) is 43.6 Å². The molecule has 3 aromatic rings. The first kappa shape index (κ1) is 16.7. The van der Waals surface area contributed by atoms with Crippen LogP contribution in [0.3, 0.4) is 0 Å². The largest absolute Gasteiger partial charge is 0.490 e. The molecule has 1 N–H and O–H groups in total.